The molecule has 0 atom stereocenters. The van der Waals surface area contributed by atoms with Crippen LogP contribution in [0, 0.1) is 0 Å². The van der Waals surface area contributed by atoms with Crippen LogP contribution in [-0.4, -0.2) is 6.61 Å². The number of rotatable bonds is 8. The predicted octanol–water partition coefficient (Wildman–Crippen LogP) is 5.31. The van der Waals surface area contributed by atoms with E-state index in [1.165, 1.54) is 11.1 Å². The van der Waals surface area contributed by atoms with Crippen LogP contribution in [0.5, 0.6) is 0 Å². The summed E-state index contributed by atoms with van der Waals surface area (Å²) in [7, 11) is 0. The summed E-state index contributed by atoms with van der Waals surface area (Å²) in [5.74, 6) is 0. The van der Waals surface area contributed by atoms with Gasteiger partial charge in [-0.2, -0.15) is 0 Å². The lowest BCUT2D eigenvalue weighted by atomic mass is 9.97. The highest BCUT2D eigenvalue weighted by Crippen LogP contribution is 2.23. The summed E-state index contributed by atoms with van der Waals surface area (Å²) in [5, 5.41) is 0. The molecule has 0 amide bonds. The van der Waals surface area contributed by atoms with Gasteiger partial charge < -0.3 is 4.74 Å². The molecule has 0 aromatic heterocycles. The zero-order valence-electron chi connectivity index (χ0n) is 12.1. The van der Waals surface area contributed by atoms with E-state index in [0.29, 0.717) is 6.61 Å². The number of allylic oxidation sites excluding steroid dienone is 6. The Balaban J connectivity index is 3.17. The van der Waals surface area contributed by atoms with Crippen molar-refractivity contribution in [1.82, 2.24) is 0 Å². The SMILES string of the molecule is C=CCO/C=C/C(=C(\C=C/C)CC=C)c1ccccc1. The Morgan fingerprint density at radius 1 is 1.10 bits per heavy atom. The van der Waals surface area contributed by atoms with Gasteiger partial charge >= 0.3 is 0 Å². The standard InChI is InChI=1S/C19H22O/c1-4-10-17(11-5-2)19(14-16-20-15-6-3)18-12-8-7-9-13-18/h4-9,11-14,16H,1,3,10,15H2,2H3/b11-5-,16-14+,19-17+. The third-order valence-electron chi connectivity index (χ3n) is 2.71. The van der Waals surface area contributed by atoms with Crippen molar-refractivity contribution in [3.05, 3.63) is 91.3 Å². The van der Waals surface area contributed by atoms with Gasteiger partial charge in [-0.3, -0.25) is 0 Å². The molecule has 0 saturated heterocycles. The summed E-state index contributed by atoms with van der Waals surface area (Å²) in [4.78, 5) is 0. The average Bonchev–Trinajstić information content (AvgIpc) is 2.48. The second-order valence-corrected chi connectivity index (χ2v) is 4.22. The molecule has 1 rings (SSSR count). The minimum Gasteiger partial charge on any atom is -0.497 e. The van der Waals surface area contributed by atoms with Crippen LogP contribution in [0.3, 0.4) is 0 Å². The molecule has 0 saturated carbocycles. The fraction of sp³-hybridized carbons (Fsp3) is 0.158. The van der Waals surface area contributed by atoms with Crippen LogP contribution in [0.15, 0.2) is 85.7 Å². The molecular weight excluding hydrogens is 244 g/mol. The first kappa shape index (κ1) is 15.8. The maximum Gasteiger partial charge on any atom is 0.105 e. The van der Waals surface area contributed by atoms with Crippen molar-refractivity contribution in [2.75, 3.05) is 6.61 Å². The molecule has 0 N–H and O–H groups in total. The molecule has 0 aliphatic heterocycles. The second kappa shape index (κ2) is 9.62. The molecule has 20 heavy (non-hydrogen) atoms. The van der Waals surface area contributed by atoms with Crippen LogP contribution in [0.2, 0.25) is 0 Å². The van der Waals surface area contributed by atoms with E-state index in [1.807, 2.05) is 43.4 Å². The van der Waals surface area contributed by atoms with E-state index in [0.717, 1.165) is 12.0 Å². The topological polar surface area (TPSA) is 9.23 Å². The van der Waals surface area contributed by atoms with Crippen LogP contribution in [-0.2, 0) is 4.74 Å². The van der Waals surface area contributed by atoms with Crippen molar-refractivity contribution < 1.29 is 4.74 Å². The quantitative estimate of drug-likeness (QED) is 0.268. The van der Waals surface area contributed by atoms with Gasteiger partial charge in [0.25, 0.3) is 0 Å². The van der Waals surface area contributed by atoms with Crippen molar-refractivity contribution in [2.24, 2.45) is 0 Å². The number of hydrogen-bond acceptors (Lipinski definition) is 1. The minimum atomic E-state index is 0.513. The van der Waals surface area contributed by atoms with E-state index in [1.54, 1.807) is 12.3 Å². The largest absolute Gasteiger partial charge is 0.497 e. The molecule has 0 fully saturated rings. The molecule has 1 heteroatoms. The predicted molar refractivity (Wildman–Crippen MR) is 88.3 cm³/mol. The lowest BCUT2D eigenvalue weighted by Gasteiger charge is -2.08. The zero-order valence-corrected chi connectivity index (χ0v) is 12.1. The van der Waals surface area contributed by atoms with Gasteiger partial charge in [-0.1, -0.05) is 61.2 Å². The molecule has 0 heterocycles. The van der Waals surface area contributed by atoms with Gasteiger partial charge in [0, 0.05) is 0 Å². The van der Waals surface area contributed by atoms with Crippen molar-refractivity contribution in [2.45, 2.75) is 13.3 Å². The first-order valence-corrected chi connectivity index (χ1v) is 6.74. The molecule has 0 radical (unpaired) electrons. The van der Waals surface area contributed by atoms with Gasteiger partial charge in [-0.05, 0) is 36.1 Å². The van der Waals surface area contributed by atoms with Gasteiger partial charge in [-0.25, -0.2) is 0 Å². The van der Waals surface area contributed by atoms with Crippen LogP contribution < -0.4 is 0 Å². The number of benzene rings is 1. The normalized spacial score (nSPS) is 12.4. The molecule has 0 bridgehead atoms. The second-order valence-electron chi connectivity index (χ2n) is 4.22. The van der Waals surface area contributed by atoms with Gasteiger partial charge in [0.1, 0.15) is 6.61 Å². The van der Waals surface area contributed by atoms with E-state index in [-0.39, 0.29) is 0 Å². The summed E-state index contributed by atoms with van der Waals surface area (Å²) < 4.78 is 5.36. The fourth-order valence-corrected chi connectivity index (χ4v) is 1.87. The minimum absolute atomic E-state index is 0.513. The molecule has 0 unspecified atom stereocenters. The summed E-state index contributed by atoms with van der Waals surface area (Å²) in [6.45, 7) is 10.00. The molecule has 0 aliphatic carbocycles. The smallest absolute Gasteiger partial charge is 0.105 e. The molecule has 0 spiro atoms. The molecule has 0 aliphatic rings. The Hall–Kier alpha value is -2.28. The fourth-order valence-electron chi connectivity index (χ4n) is 1.87. The molecular formula is C19H22O. The summed E-state index contributed by atoms with van der Waals surface area (Å²) in [6, 6.07) is 10.3. The number of ether oxygens (including phenoxy) is 1. The van der Waals surface area contributed by atoms with E-state index < -0.39 is 0 Å². The molecule has 1 aromatic rings. The number of hydrogen-bond donors (Lipinski definition) is 0. The molecule has 1 aromatic carbocycles. The van der Waals surface area contributed by atoms with Gasteiger partial charge in [0.2, 0.25) is 0 Å². The highest BCUT2D eigenvalue weighted by molar-refractivity contribution is 5.78. The van der Waals surface area contributed by atoms with Gasteiger partial charge in [-0.15, -0.1) is 6.58 Å². The lowest BCUT2D eigenvalue weighted by Crippen LogP contribution is -1.89. The van der Waals surface area contributed by atoms with Crippen LogP contribution in [0.4, 0.5) is 0 Å². The van der Waals surface area contributed by atoms with E-state index in [9.17, 15) is 0 Å². The summed E-state index contributed by atoms with van der Waals surface area (Å²) >= 11 is 0. The Bertz CT molecular complexity index is 504. The van der Waals surface area contributed by atoms with Gasteiger partial charge in [0.15, 0.2) is 0 Å². The van der Waals surface area contributed by atoms with E-state index >= 15 is 0 Å². The van der Waals surface area contributed by atoms with E-state index in [4.69, 9.17) is 4.74 Å². The van der Waals surface area contributed by atoms with E-state index in [2.05, 4.69) is 31.4 Å². The summed E-state index contributed by atoms with van der Waals surface area (Å²) in [5.41, 5.74) is 3.53. The maximum absolute atomic E-state index is 5.36. The summed E-state index contributed by atoms with van der Waals surface area (Å²) in [6.07, 6.45) is 12.3. The third-order valence-corrected chi connectivity index (χ3v) is 2.71. The Kier molecular flexibility index (Phi) is 7.59. The molecule has 1 nitrogen and oxygen atoms in total. The first-order valence-electron chi connectivity index (χ1n) is 6.74. The maximum atomic E-state index is 5.36. The van der Waals surface area contributed by atoms with Crippen molar-refractivity contribution in [3.63, 3.8) is 0 Å². The first-order chi connectivity index (χ1) is 9.83. The highest BCUT2D eigenvalue weighted by Gasteiger charge is 2.03. The van der Waals surface area contributed by atoms with Crippen LogP contribution >= 0.6 is 0 Å². The van der Waals surface area contributed by atoms with Crippen LogP contribution in [0.1, 0.15) is 18.9 Å². The average molecular weight is 266 g/mol. The zero-order chi connectivity index (χ0) is 14.6. The Morgan fingerprint density at radius 3 is 2.45 bits per heavy atom. The van der Waals surface area contributed by atoms with Crippen molar-refractivity contribution >= 4 is 5.57 Å². The monoisotopic (exact) mass is 266 g/mol. The molecule has 104 valence electrons. The Labute approximate surface area is 122 Å². The van der Waals surface area contributed by atoms with Crippen molar-refractivity contribution in [3.8, 4) is 0 Å². The Morgan fingerprint density at radius 2 is 1.85 bits per heavy atom. The highest BCUT2D eigenvalue weighted by atomic mass is 16.5. The van der Waals surface area contributed by atoms with Crippen LogP contribution in [0.25, 0.3) is 5.57 Å². The van der Waals surface area contributed by atoms with Crippen molar-refractivity contribution in [1.29, 1.82) is 0 Å². The third kappa shape index (κ3) is 5.15. The lowest BCUT2D eigenvalue weighted by molar-refractivity contribution is 0.290. The van der Waals surface area contributed by atoms with Gasteiger partial charge in [0.05, 0.1) is 6.26 Å².